The third-order valence-electron chi connectivity index (χ3n) is 5.29. The highest BCUT2D eigenvalue weighted by molar-refractivity contribution is 5.92. The molecule has 0 aliphatic heterocycles. The summed E-state index contributed by atoms with van der Waals surface area (Å²) in [5, 5.41) is 13.7. The van der Waals surface area contributed by atoms with Gasteiger partial charge in [0.2, 0.25) is 5.91 Å². The topological polar surface area (TPSA) is 146 Å². The van der Waals surface area contributed by atoms with Crippen LogP contribution in [0.15, 0.2) is 66.7 Å². The van der Waals surface area contributed by atoms with Gasteiger partial charge in [-0.05, 0) is 74.4 Å². The molecule has 8 nitrogen and oxygen atoms in total. The molecule has 0 unspecified atom stereocenters. The summed E-state index contributed by atoms with van der Waals surface area (Å²) in [5.41, 5.74) is 19.0. The number of ether oxygens (including phenoxy) is 2. The average Bonchev–Trinajstić information content (AvgIpc) is 2.80. The van der Waals surface area contributed by atoms with Gasteiger partial charge in [0.05, 0.1) is 11.4 Å². The van der Waals surface area contributed by atoms with Crippen molar-refractivity contribution in [2.24, 2.45) is 5.73 Å². The Morgan fingerprint density at radius 3 is 2.24 bits per heavy atom. The fourth-order valence-electron chi connectivity index (χ4n) is 3.40. The Kier molecular flexibility index (Phi) is 7.99. The molecule has 0 radical (unpaired) electrons. The molecule has 0 saturated carbocycles. The molecular formula is C26H32N4O4. The van der Waals surface area contributed by atoms with Crippen molar-refractivity contribution in [2.45, 2.75) is 31.9 Å². The second-order valence-electron chi connectivity index (χ2n) is 8.80. The average molecular weight is 465 g/mol. The lowest BCUT2D eigenvalue weighted by Gasteiger charge is -2.28. The number of carbonyl (C=O) groups excluding carboxylic acids is 1. The Morgan fingerprint density at radius 1 is 1.00 bits per heavy atom. The maximum absolute atomic E-state index is 11.2. The van der Waals surface area contributed by atoms with Gasteiger partial charge < -0.3 is 37.1 Å². The normalized spacial score (nSPS) is 12.2. The van der Waals surface area contributed by atoms with Gasteiger partial charge >= 0.3 is 0 Å². The van der Waals surface area contributed by atoms with Crippen LogP contribution in [0, 0.1) is 0 Å². The van der Waals surface area contributed by atoms with E-state index in [0.29, 0.717) is 40.7 Å². The summed E-state index contributed by atoms with van der Waals surface area (Å²) in [6, 6.07) is 19.6. The molecule has 0 spiro atoms. The number of nitrogen functional groups attached to an aromatic ring is 2. The molecule has 0 saturated heterocycles. The summed E-state index contributed by atoms with van der Waals surface area (Å²) in [6.07, 6.45) is 0.0351. The maximum atomic E-state index is 11.2. The molecule has 1 amide bonds. The first-order valence-corrected chi connectivity index (χ1v) is 11.0. The first-order valence-electron chi connectivity index (χ1n) is 11.0. The van der Waals surface area contributed by atoms with Gasteiger partial charge in [0.25, 0.3) is 0 Å². The molecule has 0 aliphatic carbocycles. The molecule has 0 heterocycles. The number of β-amino-alcohol motifs (C(OH)–C–C–N with tert-alkyl or cyclic N) is 1. The highest BCUT2D eigenvalue weighted by Crippen LogP contribution is 2.27. The van der Waals surface area contributed by atoms with Crippen molar-refractivity contribution in [1.82, 2.24) is 5.32 Å². The summed E-state index contributed by atoms with van der Waals surface area (Å²) >= 11 is 0. The van der Waals surface area contributed by atoms with Crippen molar-refractivity contribution in [3.63, 3.8) is 0 Å². The fourth-order valence-corrected chi connectivity index (χ4v) is 3.40. The van der Waals surface area contributed by atoms with Gasteiger partial charge in [-0.1, -0.05) is 18.2 Å². The number of aliphatic hydroxyl groups is 1. The number of primary amides is 1. The predicted octanol–water partition coefficient (Wildman–Crippen LogP) is 3.09. The van der Waals surface area contributed by atoms with Crippen molar-refractivity contribution < 1.29 is 19.4 Å². The van der Waals surface area contributed by atoms with Crippen LogP contribution in [0.3, 0.4) is 0 Å². The minimum absolute atomic E-state index is 0.100. The van der Waals surface area contributed by atoms with Crippen LogP contribution in [0.2, 0.25) is 0 Å². The zero-order valence-electron chi connectivity index (χ0n) is 19.5. The second-order valence-corrected chi connectivity index (χ2v) is 8.80. The molecule has 180 valence electrons. The third-order valence-corrected chi connectivity index (χ3v) is 5.29. The molecule has 0 aliphatic rings. The van der Waals surface area contributed by atoms with Crippen molar-refractivity contribution >= 4 is 17.3 Å². The highest BCUT2D eigenvalue weighted by Gasteiger charge is 2.20. The van der Waals surface area contributed by atoms with Crippen LogP contribution in [-0.2, 0) is 6.42 Å². The number of benzene rings is 3. The lowest BCUT2D eigenvalue weighted by atomic mass is 9.94. The Balaban J connectivity index is 1.47. The third kappa shape index (κ3) is 7.13. The molecule has 3 rings (SSSR count). The molecule has 34 heavy (non-hydrogen) atoms. The fraction of sp³-hybridized carbons (Fsp3) is 0.269. The molecule has 0 fully saturated rings. The number of para-hydroxylation sites is 1. The van der Waals surface area contributed by atoms with E-state index in [1.807, 2.05) is 24.3 Å². The number of carbonyl (C=O) groups is 1. The Morgan fingerprint density at radius 2 is 1.62 bits per heavy atom. The first kappa shape index (κ1) is 24.9. The van der Waals surface area contributed by atoms with E-state index in [1.165, 1.54) is 0 Å². The first-order chi connectivity index (χ1) is 16.1. The van der Waals surface area contributed by atoms with Gasteiger partial charge in [-0.3, -0.25) is 4.79 Å². The zero-order chi connectivity index (χ0) is 24.7. The molecule has 8 N–H and O–H groups in total. The largest absolute Gasteiger partial charge is 0.489 e. The summed E-state index contributed by atoms with van der Waals surface area (Å²) in [6.45, 7) is 4.60. The SMILES string of the molecule is CC(C)(Cc1ccc(Oc2ccc(C(N)=O)cc2)cc1)NC[C@H](O)COc1cccc(N)c1N. The summed E-state index contributed by atoms with van der Waals surface area (Å²) < 4.78 is 11.4. The van der Waals surface area contributed by atoms with Gasteiger partial charge in [0.15, 0.2) is 0 Å². The summed E-state index contributed by atoms with van der Waals surface area (Å²) in [7, 11) is 0. The standard InChI is InChI=1S/C26H32N4O4/c1-26(2,30-15-19(31)16-33-23-5-3-4-22(27)24(23)28)14-17-6-10-20(11-7-17)34-21-12-8-18(9-13-21)25(29)32/h3-13,19,30-31H,14-16,27-28H2,1-2H3,(H2,29,32)/t19-/m0/s1. The van der Waals surface area contributed by atoms with E-state index in [4.69, 9.17) is 26.7 Å². The minimum Gasteiger partial charge on any atom is -0.489 e. The zero-order valence-corrected chi connectivity index (χ0v) is 19.5. The highest BCUT2D eigenvalue weighted by atomic mass is 16.5. The lowest BCUT2D eigenvalue weighted by molar-refractivity contribution is 0.0992. The lowest BCUT2D eigenvalue weighted by Crippen LogP contribution is -2.46. The smallest absolute Gasteiger partial charge is 0.248 e. The van der Waals surface area contributed by atoms with Crippen molar-refractivity contribution in [2.75, 3.05) is 24.6 Å². The minimum atomic E-state index is -0.711. The predicted molar refractivity (Wildman–Crippen MR) is 134 cm³/mol. The Bertz CT molecular complexity index is 1100. The monoisotopic (exact) mass is 464 g/mol. The van der Waals surface area contributed by atoms with E-state index in [0.717, 1.165) is 12.0 Å². The molecule has 8 heteroatoms. The number of aliphatic hydroxyl groups excluding tert-OH is 1. The van der Waals surface area contributed by atoms with Crippen LogP contribution < -0.4 is 32.0 Å². The summed E-state index contributed by atoms with van der Waals surface area (Å²) in [5.74, 6) is 1.30. The summed E-state index contributed by atoms with van der Waals surface area (Å²) in [4.78, 5) is 11.2. The van der Waals surface area contributed by atoms with Crippen LogP contribution in [0.25, 0.3) is 0 Å². The van der Waals surface area contributed by atoms with Gasteiger partial charge in [0.1, 0.15) is 30.0 Å². The van der Waals surface area contributed by atoms with E-state index >= 15 is 0 Å². The van der Waals surface area contributed by atoms with E-state index < -0.39 is 12.0 Å². The molecule has 0 aromatic heterocycles. The Labute approximate surface area is 199 Å². The second kappa shape index (κ2) is 10.9. The molecule has 0 bridgehead atoms. The molecular weight excluding hydrogens is 432 g/mol. The number of hydrogen-bond acceptors (Lipinski definition) is 7. The number of nitrogens with two attached hydrogens (primary N) is 3. The van der Waals surface area contributed by atoms with E-state index in [9.17, 15) is 9.90 Å². The van der Waals surface area contributed by atoms with Crippen molar-refractivity contribution in [3.8, 4) is 17.2 Å². The van der Waals surface area contributed by atoms with E-state index in [1.54, 1.807) is 42.5 Å². The number of anilines is 2. The number of rotatable bonds is 11. The number of amides is 1. The molecule has 1 atom stereocenters. The van der Waals surface area contributed by atoms with Crippen LogP contribution in [0.4, 0.5) is 11.4 Å². The molecule has 3 aromatic rings. The quantitative estimate of drug-likeness (QED) is 0.274. The molecule has 3 aromatic carbocycles. The van der Waals surface area contributed by atoms with Gasteiger partial charge in [-0.25, -0.2) is 0 Å². The van der Waals surface area contributed by atoms with Crippen LogP contribution in [-0.4, -0.2) is 35.8 Å². The van der Waals surface area contributed by atoms with E-state index in [2.05, 4.69) is 19.2 Å². The number of hydrogen-bond donors (Lipinski definition) is 5. The maximum Gasteiger partial charge on any atom is 0.248 e. The van der Waals surface area contributed by atoms with Crippen molar-refractivity contribution in [3.05, 3.63) is 77.9 Å². The van der Waals surface area contributed by atoms with E-state index in [-0.39, 0.29) is 12.1 Å². The van der Waals surface area contributed by atoms with Gasteiger partial charge in [0, 0.05) is 17.6 Å². The number of nitrogens with one attached hydrogen (secondary N) is 1. The van der Waals surface area contributed by atoms with Gasteiger partial charge in [-0.15, -0.1) is 0 Å². The van der Waals surface area contributed by atoms with Crippen LogP contribution in [0.5, 0.6) is 17.2 Å². The van der Waals surface area contributed by atoms with Crippen LogP contribution in [0.1, 0.15) is 29.8 Å². The van der Waals surface area contributed by atoms with Crippen LogP contribution >= 0.6 is 0 Å². The van der Waals surface area contributed by atoms with Crippen molar-refractivity contribution in [1.29, 1.82) is 0 Å². The van der Waals surface area contributed by atoms with Gasteiger partial charge in [-0.2, -0.15) is 0 Å². The Hall–Kier alpha value is -3.75.